The molecular formula is C16H16N4O4. The number of anilines is 1. The maximum Gasteiger partial charge on any atom is 0.269 e. The molecule has 1 amide bonds. The zero-order chi connectivity index (χ0) is 17.4. The minimum atomic E-state index is -0.480. The second kappa shape index (κ2) is 8.28. The first-order chi connectivity index (χ1) is 11.6. The fourth-order valence-corrected chi connectivity index (χ4v) is 1.87. The Morgan fingerprint density at radius 3 is 2.62 bits per heavy atom. The number of nitrogens with one attached hydrogen (secondary N) is 2. The number of rotatable bonds is 7. The summed E-state index contributed by atoms with van der Waals surface area (Å²) in [5.74, 6) is 0.304. The Bertz CT molecular complexity index is 744. The van der Waals surface area contributed by atoms with Crippen LogP contribution in [-0.2, 0) is 4.79 Å². The van der Waals surface area contributed by atoms with Crippen LogP contribution >= 0.6 is 0 Å². The summed E-state index contributed by atoms with van der Waals surface area (Å²) < 4.78 is 5.17. The molecular weight excluding hydrogens is 312 g/mol. The normalized spacial score (nSPS) is 10.4. The molecule has 2 rings (SSSR count). The van der Waals surface area contributed by atoms with E-state index in [2.05, 4.69) is 15.8 Å². The summed E-state index contributed by atoms with van der Waals surface area (Å²) in [5, 5.41) is 17.3. The molecule has 2 aromatic rings. The van der Waals surface area contributed by atoms with Crippen molar-refractivity contribution < 1.29 is 14.5 Å². The van der Waals surface area contributed by atoms with Gasteiger partial charge in [0.1, 0.15) is 5.75 Å². The Labute approximate surface area is 138 Å². The minimum absolute atomic E-state index is 0.00260. The van der Waals surface area contributed by atoms with Gasteiger partial charge in [-0.15, -0.1) is 0 Å². The molecule has 0 unspecified atom stereocenters. The molecule has 0 atom stereocenters. The van der Waals surface area contributed by atoms with Gasteiger partial charge in [-0.2, -0.15) is 5.10 Å². The van der Waals surface area contributed by atoms with Gasteiger partial charge < -0.3 is 10.1 Å². The summed E-state index contributed by atoms with van der Waals surface area (Å²) in [6, 6.07) is 13.1. The Balaban J connectivity index is 1.83. The molecule has 0 saturated carbocycles. The van der Waals surface area contributed by atoms with Crippen LogP contribution < -0.4 is 15.5 Å². The van der Waals surface area contributed by atoms with E-state index in [1.165, 1.54) is 18.3 Å². The molecule has 8 nitrogen and oxygen atoms in total. The van der Waals surface area contributed by atoms with Crippen molar-refractivity contribution in [3.05, 3.63) is 64.2 Å². The topological polar surface area (TPSA) is 106 Å². The van der Waals surface area contributed by atoms with Crippen molar-refractivity contribution in [2.75, 3.05) is 19.0 Å². The number of hydrogen-bond donors (Lipinski definition) is 2. The SMILES string of the molecule is COc1ccccc1NCC(=O)NN=Cc1ccc([N+](=O)[O-])cc1. The van der Waals surface area contributed by atoms with Crippen molar-refractivity contribution in [2.45, 2.75) is 0 Å². The molecule has 8 heteroatoms. The zero-order valence-electron chi connectivity index (χ0n) is 12.9. The van der Waals surface area contributed by atoms with E-state index in [1.54, 1.807) is 31.4 Å². The maximum atomic E-state index is 11.7. The van der Waals surface area contributed by atoms with Gasteiger partial charge >= 0.3 is 0 Å². The van der Waals surface area contributed by atoms with Gasteiger partial charge in [-0.3, -0.25) is 14.9 Å². The number of carbonyl (C=O) groups excluding carboxylic acids is 1. The Hall–Kier alpha value is -3.42. The molecule has 0 aliphatic heterocycles. The number of nitro groups is 1. The lowest BCUT2D eigenvalue weighted by atomic mass is 10.2. The number of carbonyl (C=O) groups is 1. The van der Waals surface area contributed by atoms with E-state index < -0.39 is 4.92 Å². The number of methoxy groups -OCH3 is 1. The average molecular weight is 328 g/mol. The van der Waals surface area contributed by atoms with Crippen LogP contribution in [0.1, 0.15) is 5.56 Å². The number of nitrogens with zero attached hydrogens (tertiary/aromatic N) is 2. The van der Waals surface area contributed by atoms with Crippen molar-refractivity contribution in [3.8, 4) is 5.75 Å². The van der Waals surface area contributed by atoms with Crippen molar-refractivity contribution in [2.24, 2.45) is 5.10 Å². The third-order valence-corrected chi connectivity index (χ3v) is 3.05. The number of hydrogen-bond acceptors (Lipinski definition) is 6. The number of nitro benzene ring substituents is 1. The van der Waals surface area contributed by atoms with Gasteiger partial charge in [0, 0.05) is 12.1 Å². The summed E-state index contributed by atoms with van der Waals surface area (Å²) in [7, 11) is 1.55. The van der Waals surface area contributed by atoms with Crippen LogP contribution in [0.15, 0.2) is 53.6 Å². The highest BCUT2D eigenvalue weighted by molar-refractivity contribution is 5.84. The molecule has 2 N–H and O–H groups in total. The zero-order valence-corrected chi connectivity index (χ0v) is 12.9. The van der Waals surface area contributed by atoms with Gasteiger partial charge in [0.25, 0.3) is 11.6 Å². The highest BCUT2D eigenvalue weighted by Crippen LogP contribution is 2.22. The minimum Gasteiger partial charge on any atom is -0.495 e. The summed E-state index contributed by atoms with van der Waals surface area (Å²) in [4.78, 5) is 21.8. The van der Waals surface area contributed by atoms with Crippen LogP contribution in [-0.4, -0.2) is 30.7 Å². The predicted octanol–water partition coefficient (Wildman–Crippen LogP) is 2.17. The second-order valence-corrected chi connectivity index (χ2v) is 4.70. The molecule has 0 aromatic heterocycles. The monoisotopic (exact) mass is 328 g/mol. The second-order valence-electron chi connectivity index (χ2n) is 4.70. The number of amides is 1. The molecule has 0 fully saturated rings. The number of benzene rings is 2. The molecule has 124 valence electrons. The molecule has 0 spiro atoms. The molecule has 0 saturated heterocycles. The number of non-ortho nitro benzene ring substituents is 1. The highest BCUT2D eigenvalue weighted by Gasteiger charge is 2.04. The van der Waals surface area contributed by atoms with Crippen molar-refractivity contribution >= 4 is 23.5 Å². The van der Waals surface area contributed by atoms with Crippen LogP contribution in [0.25, 0.3) is 0 Å². The molecule has 0 heterocycles. The van der Waals surface area contributed by atoms with Crippen LogP contribution in [0, 0.1) is 10.1 Å². The van der Waals surface area contributed by atoms with E-state index in [9.17, 15) is 14.9 Å². The van der Waals surface area contributed by atoms with Crippen LogP contribution in [0.5, 0.6) is 5.75 Å². The lowest BCUT2D eigenvalue weighted by Gasteiger charge is -2.09. The molecule has 2 aromatic carbocycles. The standard InChI is InChI=1S/C16H16N4O4/c1-24-15-5-3-2-4-14(15)17-11-16(21)19-18-10-12-6-8-13(9-7-12)20(22)23/h2-10,17H,11H2,1H3,(H,19,21). The summed E-state index contributed by atoms with van der Waals surface area (Å²) in [6.45, 7) is 0.0258. The lowest BCUT2D eigenvalue weighted by molar-refractivity contribution is -0.384. The van der Waals surface area contributed by atoms with E-state index in [1.807, 2.05) is 12.1 Å². The number of ether oxygens (including phenoxy) is 1. The molecule has 0 bridgehead atoms. The third-order valence-electron chi connectivity index (χ3n) is 3.05. The number of para-hydroxylation sites is 2. The molecule has 0 aliphatic rings. The Morgan fingerprint density at radius 1 is 1.25 bits per heavy atom. The quantitative estimate of drug-likeness (QED) is 0.460. The molecule has 0 aliphatic carbocycles. The fourth-order valence-electron chi connectivity index (χ4n) is 1.87. The Kier molecular flexibility index (Phi) is 5.84. The lowest BCUT2D eigenvalue weighted by Crippen LogP contribution is -2.26. The van der Waals surface area contributed by atoms with E-state index in [-0.39, 0.29) is 18.1 Å². The van der Waals surface area contributed by atoms with Gasteiger partial charge in [-0.05, 0) is 29.8 Å². The van der Waals surface area contributed by atoms with Gasteiger partial charge in [0.2, 0.25) is 0 Å². The van der Waals surface area contributed by atoms with Gasteiger partial charge in [0.05, 0.1) is 30.5 Å². The van der Waals surface area contributed by atoms with E-state index in [0.717, 1.165) is 0 Å². The van der Waals surface area contributed by atoms with Gasteiger partial charge in [-0.25, -0.2) is 5.43 Å². The molecule has 24 heavy (non-hydrogen) atoms. The number of hydrazone groups is 1. The van der Waals surface area contributed by atoms with Crippen LogP contribution in [0.3, 0.4) is 0 Å². The summed E-state index contributed by atoms with van der Waals surface area (Å²) in [5.41, 5.74) is 3.71. The van der Waals surface area contributed by atoms with E-state index >= 15 is 0 Å². The van der Waals surface area contributed by atoms with Crippen LogP contribution in [0.4, 0.5) is 11.4 Å². The first-order valence-corrected chi connectivity index (χ1v) is 7.03. The largest absolute Gasteiger partial charge is 0.495 e. The highest BCUT2D eigenvalue weighted by atomic mass is 16.6. The first kappa shape index (κ1) is 16.9. The fraction of sp³-hybridized carbons (Fsp3) is 0.125. The summed E-state index contributed by atoms with van der Waals surface area (Å²) >= 11 is 0. The summed E-state index contributed by atoms with van der Waals surface area (Å²) in [6.07, 6.45) is 1.41. The third kappa shape index (κ3) is 4.80. The average Bonchev–Trinajstić information content (AvgIpc) is 2.60. The molecule has 0 radical (unpaired) electrons. The maximum absolute atomic E-state index is 11.7. The smallest absolute Gasteiger partial charge is 0.269 e. The van der Waals surface area contributed by atoms with Gasteiger partial charge in [-0.1, -0.05) is 12.1 Å². The van der Waals surface area contributed by atoms with E-state index in [4.69, 9.17) is 4.74 Å². The van der Waals surface area contributed by atoms with Crippen molar-refractivity contribution in [3.63, 3.8) is 0 Å². The van der Waals surface area contributed by atoms with Crippen molar-refractivity contribution in [1.82, 2.24) is 5.43 Å². The van der Waals surface area contributed by atoms with E-state index in [0.29, 0.717) is 17.0 Å². The predicted molar refractivity (Wildman–Crippen MR) is 90.3 cm³/mol. The van der Waals surface area contributed by atoms with Crippen LogP contribution in [0.2, 0.25) is 0 Å². The van der Waals surface area contributed by atoms with Gasteiger partial charge in [0.15, 0.2) is 0 Å². The van der Waals surface area contributed by atoms with Crippen molar-refractivity contribution in [1.29, 1.82) is 0 Å². The Morgan fingerprint density at radius 2 is 1.96 bits per heavy atom. The first-order valence-electron chi connectivity index (χ1n) is 7.03.